The van der Waals surface area contributed by atoms with Crippen molar-refractivity contribution in [2.75, 3.05) is 0 Å². The Bertz CT molecular complexity index is 353. The van der Waals surface area contributed by atoms with Gasteiger partial charge in [0.2, 0.25) is 0 Å². The summed E-state index contributed by atoms with van der Waals surface area (Å²) in [6, 6.07) is 2.26. The fourth-order valence-corrected chi connectivity index (χ4v) is 1.28. The highest BCUT2D eigenvalue weighted by molar-refractivity contribution is 5.11. The fraction of sp³-hybridized carbons (Fsp3) is 0.300. The predicted octanol–water partition coefficient (Wildman–Crippen LogP) is 1.85. The van der Waals surface area contributed by atoms with Crippen molar-refractivity contribution >= 4 is 0 Å². The lowest BCUT2D eigenvalue weighted by Crippen LogP contribution is -2.17. The van der Waals surface area contributed by atoms with Gasteiger partial charge in [-0.15, -0.1) is 0 Å². The van der Waals surface area contributed by atoms with E-state index in [0.29, 0.717) is 6.04 Å². The third kappa shape index (κ3) is 2.03. The molecule has 2 N–H and O–H groups in total. The predicted molar refractivity (Wildman–Crippen MR) is 52.6 cm³/mol. The molecule has 0 radical (unpaired) electrons. The summed E-state index contributed by atoms with van der Waals surface area (Å²) in [7, 11) is 0. The summed E-state index contributed by atoms with van der Waals surface area (Å²) in [6.45, 7) is 2.91. The van der Waals surface area contributed by atoms with Crippen molar-refractivity contribution in [1.29, 1.82) is 0 Å². The van der Waals surface area contributed by atoms with E-state index in [2.05, 4.69) is 22.4 Å². The summed E-state index contributed by atoms with van der Waals surface area (Å²) in [5.74, 6) is 0. The molecule has 2 aromatic rings. The standard InChI is InChI=1S/C10H13N3O/c1-8(10-2-3-14-7-10)11-4-9-5-12-13-6-9/h2-3,5-8,11H,4H2,1H3,(H,12,13). The fourth-order valence-electron chi connectivity index (χ4n) is 1.28. The number of nitrogens with one attached hydrogen (secondary N) is 2. The van der Waals surface area contributed by atoms with Crippen LogP contribution < -0.4 is 5.32 Å². The van der Waals surface area contributed by atoms with Crippen molar-refractivity contribution in [1.82, 2.24) is 15.5 Å². The van der Waals surface area contributed by atoms with Gasteiger partial charge in [-0.1, -0.05) is 0 Å². The second-order valence-corrected chi connectivity index (χ2v) is 3.27. The second-order valence-electron chi connectivity index (χ2n) is 3.27. The first-order valence-corrected chi connectivity index (χ1v) is 4.59. The minimum atomic E-state index is 0.295. The van der Waals surface area contributed by atoms with Crippen LogP contribution >= 0.6 is 0 Å². The Hall–Kier alpha value is -1.55. The zero-order valence-electron chi connectivity index (χ0n) is 8.03. The van der Waals surface area contributed by atoms with Crippen molar-refractivity contribution in [3.05, 3.63) is 42.1 Å². The summed E-state index contributed by atoms with van der Waals surface area (Å²) in [5.41, 5.74) is 2.31. The van der Waals surface area contributed by atoms with Crippen molar-refractivity contribution in [3.8, 4) is 0 Å². The molecule has 14 heavy (non-hydrogen) atoms. The van der Waals surface area contributed by atoms with Crippen LogP contribution in [0.1, 0.15) is 24.1 Å². The first kappa shape index (κ1) is 9.02. The van der Waals surface area contributed by atoms with Gasteiger partial charge in [0.05, 0.1) is 18.7 Å². The minimum absolute atomic E-state index is 0.295. The number of furan rings is 1. The summed E-state index contributed by atoms with van der Waals surface area (Å²) >= 11 is 0. The first-order valence-electron chi connectivity index (χ1n) is 4.59. The lowest BCUT2D eigenvalue weighted by atomic mass is 10.2. The molecule has 0 fully saturated rings. The van der Waals surface area contributed by atoms with E-state index < -0.39 is 0 Å². The molecule has 0 amide bonds. The number of nitrogens with zero attached hydrogens (tertiary/aromatic N) is 1. The highest BCUT2D eigenvalue weighted by Crippen LogP contribution is 2.12. The Balaban J connectivity index is 1.87. The smallest absolute Gasteiger partial charge is 0.0950 e. The Kier molecular flexibility index (Phi) is 2.65. The molecule has 4 heteroatoms. The Morgan fingerprint density at radius 2 is 2.57 bits per heavy atom. The van der Waals surface area contributed by atoms with Crippen LogP contribution in [-0.4, -0.2) is 10.2 Å². The third-order valence-corrected chi connectivity index (χ3v) is 2.21. The van der Waals surface area contributed by atoms with Crippen molar-refractivity contribution in [2.45, 2.75) is 19.5 Å². The van der Waals surface area contributed by atoms with Crippen LogP contribution in [0.3, 0.4) is 0 Å². The Labute approximate surface area is 82.3 Å². The third-order valence-electron chi connectivity index (χ3n) is 2.21. The van der Waals surface area contributed by atoms with Crippen molar-refractivity contribution in [2.24, 2.45) is 0 Å². The molecule has 2 heterocycles. The quantitative estimate of drug-likeness (QED) is 0.775. The van der Waals surface area contributed by atoms with Crippen molar-refractivity contribution < 1.29 is 4.42 Å². The normalized spacial score (nSPS) is 12.9. The molecule has 2 aromatic heterocycles. The van der Waals surface area contributed by atoms with E-state index in [-0.39, 0.29) is 0 Å². The molecule has 2 rings (SSSR count). The van der Waals surface area contributed by atoms with Crippen LogP contribution in [0.2, 0.25) is 0 Å². The lowest BCUT2D eigenvalue weighted by Gasteiger charge is -2.10. The average Bonchev–Trinajstić information content (AvgIpc) is 2.87. The number of H-pyrrole nitrogens is 1. The van der Waals surface area contributed by atoms with E-state index in [1.165, 1.54) is 0 Å². The molecule has 0 saturated carbocycles. The molecule has 1 atom stereocenters. The molecular weight excluding hydrogens is 178 g/mol. The maximum absolute atomic E-state index is 5.01. The van der Waals surface area contributed by atoms with E-state index in [9.17, 15) is 0 Å². The molecule has 0 aliphatic carbocycles. The van der Waals surface area contributed by atoms with E-state index in [1.54, 1.807) is 12.5 Å². The monoisotopic (exact) mass is 191 g/mol. The zero-order chi connectivity index (χ0) is 9.80. The minimum Gasteiger partial charge on any atom is -0.472 e. The van der Waals surface area contributed by atoms with E-state index in [1.807, 2.05) is 18.5 Å². The van der Waals surface area contributed by atoms with Crippen LogP contribution in [0.15, 0.2) is 35.4 Å². The molecule has 1 unspecified atom stereocenters. The van der Waals surface area contributed by atoms with Gasteiger partial charge in [-0.3, -0.25) is 5.10 Å². The largest absolute Gasteiger partial charge is 0.472 e. The molecule has 0 saturated heterocycles. The van der Waals surface area contributed by atoms with E-state index >= 15 is 0 Å². The van der Waals surface area contributed by atoms with Gasteiger partial charge < -0.3 is 9.73 Å². The molecule has 0 spiro atoms. The van der Waals surface area contributed by atoms with Gasteiger partial charge in [0.25, 0.3) is 0 Å². The number of hydrogen-bond acceptors (Lipinski definition) is 3. The zero-order valence-corrected chi connectivity index (χ0v) is 8.03. The first-order chi connectivity index (χ1) is 6.86. The Morgan fingerprint density at radius 3 is 3.21 bits per heavy atom. The molecule has 74 valence electrons. The van der Waals surface area contributed by atoms with Crippen LogP contribution in [0, 0.1) is 0 Å². The number of hydrogen-bond donors (Lipinski definition) is 2. The van der Waals surface area contributed by atoms with Gasteiger partial charge in [0.15, 0.2) is 0 Å². The number of aromatic amines is 1. The SMILES string of the molecule is CC(NCc1cn[nH]c1)c1ccoc1. The molecule has 0 bridgehead atoms. The van der Waals surface area contributed by atoms with Gasteiger partial charge in [-0.05, 0) is 13.0 Å². The maximum Gasteiger partial charge on any atom is 0.0950 e. The van der Waals surface area contributed by atoms with Gasteiger partial charge in [0, 0.05) is 29.9 Å². The van der Waals surface area contributed by atoms with Gasteiger partial charge in [-0.2, -0.15) is 5.10 Å². The maximum atomic E-state index is 5.01. The Morgan fingerprint density at radius 1 is 1.64 bits per heavy atom. The highest BCUT2D eigenvalue weighted by atomic mass is 16.3. The number of rotatable bonds is 4. The summed E-state index contributed by atoms with van der Waals surface area (Å²) in [5, 5.41) is 10.0. The van der Waals surface area contributed by atoms with Crippen LogP contribution in [0.5, 0.6) is 0 Å². The topological polar surface area (TPSA) is 53.9 Å². The molecule has 0 aromatic carbocycles. The summed E-state index contributed by atoms with van der Waals surface area (Å²) in [4.78, 5) is 0. The highest BCUT2D eigenvalue weighted by Gasteiger charge is 2.05. The van der Waals surface area contributed by atoms with Crippen molar-refractivity contribution in [3.63, 3.8) is 0 Å². The molecule has 4 nitrogen and oxygen atoms in total. The number of aromatic nitrogens is 2. The van der Waals surface area contributed by atoms with Crippen LogP contribution in [0.4, 0.5) is 0 Å². The molecular formula is C10H13N3O. The second kappa shape index (κ2) is 4.11. The van der Waals surface area contributed by atoms with Crippen LogP contribution in [0.25, 0.3) is 0 Å². The summed E-state index contributed by atoms with van der Waals surface area (Å²) in [6.07, 6.45) is 7.14. The van der Waals surface area contributed by atoms with Gasteiger partial charge >= 0.3 is 0 Å². The van der Waals surface area contributed by atoms with E-state index in [4.69, 9.17) is 4.42 Å². The van der Waals surface area contributed by atoms with Crippen LogP contribution in [-0.2, 0) is 6.54 Å². The van der Waals surface area contributed by atoms with E-state index in [0.717, 1.165) is 17.7 Å². The molecule has 0 aliphatic rings. The average molecular weight is 191 g/mol. The summed E-state index contributed by atoms with van der Waals surface area (Å²) < 4.78 is 5.01. The lowest BCUT2D eigenvalue weighted by molar-refractivity contribution is 0.538. The van der Waals surface area contributed by atoms with Gasteiger partial charge in [0.1, 0.15) is 0 Å². The molecule has 0 aliphatic heterocycles. The van der Waals surface area contributed by atoms with Gasteiger partial charge in [-0.25, -0.2) is 0 Å².